The van der Waals surface area contributed by atoms with Gasteiger partial charge in [0.05, 0.1) is 0 Å². The zero-order chi connectivity index (χ0) is 15.2. The lowest BCUT2D eigenvalue weighted by molar-refractivity contribution is 0.105. The van der Waals surface area contributed by atoms with Gasteiger partial charge in [0.15, 0.2) is 0 Å². The van der Waals surface area contributed by atoms with Gasteiger partial charge in [0.25, 0.3) is 0 Å². The van der Waals surface area contributed by atoms with Crippen LogP contribution in [0.1, 0.15) is 15.9 Å². The number of hydrogen-bond acceptors (Lipinski definition) is 1. The summed E-state index contributed by atoms with van der Waals surface area (Å²) in [5, 5.41) is 2.32. The summed E-state index contributed by atoms with van der Waals surface area (Å²) in [6, 6.07) is 23.1. The summed E-state index contributed by atoms with van der Waals surface area (Å²) >= 11 is 0. The molecule has 22 heavy (non-hydrogen) atoms. The Hall–Kier alpha value is -3.29. The van der Waals surface area contributed by atoms with Crippen LogP contribution in [0.3, 0.4) is 0 Å². The Balaban J connectivity index is 1.78. The molecule has 0 N–H and O–H groups in total. The predicted molar refractivity (Wildman–Crippen MR) is 89.4 cm³/mol. The lowest BCUT2D eigenvalue weighted by Gasteiger charge is -1.96. The molecule has 0 spiro atoms. The first kappa shape index (κ1) is 13.7. The smallest absolute Gasteiger partial charge is 0.236 e. The molecule has 0 aliphatic heterocycles. The van der Waals surface area contributed by atoms with E-state index in [1.807, 2.05) is 54.6 Å². The third-order valence-corrected chi connectivity index (χ3v) is 3.23. The van der Waals surface area contributed by atoms with Gasteiger partial charge in [-0.1, -0.05) is 66.6 Å². The molecule has 3 aromatic carbocycles. The van der Waals surface area contributed by atoms with Crippen molar-refractivity contribution < 1.29 is 4.79 Å². The summed E-state index contributed by atoms with van der Waals surface area (Å²) in [6.07, 6.45) is 0. The molecule has 0 aliphatic carbocycles. The van der Waals surface area contributed by atoms with Crippen LogP contribution in [0.15, 0.2) is 72.8 Å². The van der Waals surface area contributed by atoms with Crippen LogP contribution in [0.5, 0.6) is 0 Å². The van der Waals surface area contributed by atoms with Gasteiger partial charge in [-0.2, -0.15) is 0 Å². The number of carbonyl (C=O) groups excluding carboxylic acids is 1. The number of rotatable bonds is 1. The van der Waals surface area contributed by atoms with E-state index in [-0.39, 0.29) is 5.78 Å². The van der Waals surface area contributed by atoms with E-state index in [0.29, 0.717) is 5.56 Å². The van der Waals surface area contributed by atoms with Crippen molar-refractivity contribution in [3.05, 3.63) is 83.9 Å². The molecule has 3 aromatic rings. The van der Waals surface area contributed by atoms with Gasteiger partial charge in [-0.3, -0.25) is 4.79 Å². The number of carbonyl (C=O) groups is 1. The van der Waals surface area contributed by atoms with Gasteiger partial charge in [0.1, 0.15) is 0 Å². The van der Waals surface area contributed by atoms with E-state index in [0.717, 1.165) is 10.9 Å². The number of ketones is 1. The van der Waals surface area contributed by atoms with Crippen molar-refractivity contribution in [2.75, 3.05) is 0 Å². The van der Waals surface area contributed by atoms with Crippen LogP contribution < -0.4 is 0 Å². The lowest BCUT2D eigenvalue weighted by atomic mass is 10.1. The first-order chi connectivity index (χ1) is 10.8. The molecule has 1 heteroatoms. The van der Waals surface area contributed by atoms with Gasteiger partial charge in [-0.05, 0) is 40.7 Å². The first-order valence-corrected chi connectivity index (χ1v) is 6.93. The fourth-order valence-corrected chi connectivity index (χ4v) is 2.12. The standard InChI is InChI=1S/C21H12O/c22-21(19-10-2-1-3-11-19)13-7-4-8-17-14-15-18-9-5-6-12-20(18)16-17/h1-3,5-6,9-12,14-16H. The summed E-state index contributed by atoms with van der Waals surface area (Å²) in [4.78, 5) is 11.8. The van der Waals surface area contributed by atoms with Crippen molar-refractivity contribution in [1.29, 1.82) is 0 Å². The Kier molecular flexibility index (Phi) is 4.01. The Labute approximate surface area is 129 Å². The van der Waals surface area contributed by atoms with Gasteiger partial charge in [0, 0.05) is 11.1 Å². The monoisotopic (exact) mass is 280 g/mol. The maximum absolute atomic E-state index is 11.8. The second-order valence-corrected chi connectivity index (χ2v) is 4.76. The second-order valence-electron chi connectivity index (χ2n) is 4.76. The number of Topliss-reactive ketones (excluding diaryl/α,β-unsaturated/α-hetero) is 1. The van der Waals surface area contributed by atoms with Gasteiger partial charge in [-0.25, -0.2) is 0 Å². The summed E-state index contributed by atoms with van der Waals surface area (Å²) in [5.74, 6) is 10.7. The Morgan fingerprint density at radius 2 is 1.45 bits per heavy atom. The lowest BCUT2D eigenvalue weighted by Crippen LogP contribution is -1.93. The second kappa shape index (κ2) is 6.44. The fraction of sp³-hybridized carbons (Fsp3) is 0. The largest absolute Gasteiger partial charge is 0.279 e. The van der Waals surface area contributed by atoms with Crippen LogP contribution in [0.4, 0.5) is 0 Å². The van der Waals surface area contributed by atoms with Gasteiger partial charge in [0.2, 0.25) is 5.78 Å². The molecule has 0 saturated heterocycles. The van der Waals surface area contributed by atoms with Crippen molar-refractivity contribution in [2.45, 2.75) is 0 Å². The number of benzene rings is 3. The molecule has 3 rings (SSSR count). The Morgan fingerprint density at radius 1 is 0.727 bits per heavy atom. The highest BCUT2D eigenvalue weighted by Gasteiger charge is 1.98. The van der Waals surface area contributed by atoms with Crippen molar-refractivity contribution in [3.63, 3.8) is 0 Å². The van der Waals surface area contributed by atoms with Crippen LogP contribution in [0.25, 0.3) is 10.8 Å². The van der Waals surface area contributed by atoms with E-state index in [1.165, 1.54) is 5.39 Å². The van der Waals surface area contributed by atoms with Gasteiger partial charge < -0.3 is 0 Å². The van der Waals surface area contributed by atoms with Crippen molar-refractivity contribution in [1.82, 2.24) is 0 Å². The molecule has 0 amide bonds. The van der Waals surface area contributed by atoms with Crippen molar-refractivity contribution in [2.24, 2.45) is 0 Å². The highest BCUT2D eigenvalue weighted by molar-refractivity contribution is 6.09. The van der Waals surface area contributed by atoms with Gasteiger partial charge in [-0.15, -0.1) is 0 Å². The summed E-state index contributed by atoms with van der Waals surface area (Å²) in [6.45, 7) is 0. The fourth-order valence-electron chi connectivity index (χ4n) is 2.12. The molecule has 0 heterocycles. The number of hydrogen-bond donors (Lipinski definition) is 0. The molecule has 102 valence electrons. The minimum Gasteiger partial charge on any atom is -0.279 e. The van der Waals surface area contributed by atoms with Crippen LogP contribution >= 0.6 is 0 Å². The molecule has 0 fully saturated rings. The third kappa shape index (κ3) is 3.23. The van der Waals surface area contributed by atoms with E-state index >= 15 is 0 Å². The first-order valence-electron chi connectivity index (χ1n) is 6.93. The normalized spacial score (nSPS) is 9.27. The maximum atomic E-state index is 11.8. The summed E-state index contributed by atoms with van der Waals surface area (Å²) < 4.78 is 0. The molecule has 0 aliphatic rings. The topological polar surface area (TPSA) is 17.1 Å². The minimum absolute atomic E-state index is 0.214. The molecular formula is C21H12O. The zero-order valence-electron chi connectivity index (χ0n) is 11.8. The quantitative estimate of drug-likeness (QED) is 0.373. The minimum atomic E-state index is -0.214. The van der Waals surface area contributed by atoms with Crippen LogP contribution in [-0.4, -0.2) is 5.78 Å². The molecule has 0 saturated carbocycles. The molecular weight excluding hydrogens is 268 g/mol. The summed E-state index contributed by atoms with van der Waals surface area (Å²) in [7, 11) is 0. The van der Waals surface area contributed by atoms with Crippen LogP contribution in [-0.2, 0) is 0 Å². The molecule has 0 radical (unpaired) electrons. The molecule has 0 atom stereocenters. The van der Waals surface area contributed by atoms with Gasteiger partial charge >= 0.3 is 0 Å². The van der Waals surface area contributed by atoms with E-state index in [2.05, 4.69) is 29.7 Å². The van der Waals surface area contributed by atoms with E-state index in [9.17, 15) is 4.79 Å². The summed E-state index contributed by atoms with van der Waals surface area (Å²) in [5.41, 5.74) is 1.47. The van der Waals surface area contributed by atoms with E-state index < -0.39 is 0 Å². The molecule has 0 unspecified atom stereocenters. The van der Waals surface area contributed by atoms with Crippen LogP contribution in [0.2, 0.25) is 0 Å². The van der Waals surface area contributed by atoms with Crippen LogP contribution in [0, 0.1) is 23.7 Å². The molecule has 1 nitrogen and oxygen atoms in total. The highest BCUT2D eigenvalue weighted by Crippen LogP contribution is 2.14. The van der Waals surface area contributed by atoms with E-state index in [1.54, 1.807) is 12.1 Å². The van der Waals surface area contributed by atoms with E-state index in [4.69, 9.17) is 0 Å². The zero-order valence-corrected chi connectivity index (χ0v) is 11.8. The SMILES string of the molecule is O=C(C#CC#Cc1ccc2ccccc2c1)c1ccccc1. The predicted octanol–water partition coefficient (Wildman–Crippen LogP) is 4.08. The highest BCUT2D eigenvalue weighted by atomic mass is 16.1. The number of fused-ring (bicyclic) bond motifs is 1. The van der Waals surface area contributed by atoms with Crippen molar-refractivity contribution >= 4 is 16.6 Å². The molecule has 0 aromatic heterocycles. The Morgan fingerprint density at radius 3 is 2.27 bits per heavy atom. The Bertz CT molecular complexity index is 945. The average molecular weight is 280 g/mol. The average Bonchev–Trinajstić information content (AvgIpc) is 2.59. The van der Waals surface area contributed by atoms with Crippen molar-refractivity contribution in [3.8, 4) is 23.7 Å². The third-order valence-electron chi connectivity index (χ3n) is 3.23. The maximum Gasteiger partial charge on any atom is 0.236 e. The molecule has 0 bridgehead atoms.